The first-order valence-electron chi connectivity index (χ1n) is 3.83. The topological polar surface area (TPSA) is 21.3 Å². The Morgan fingerprint density at radius 2 is 2.42 bits per heavy atom. The van der Waals surface area contributed by atoms with E-state index in [0.717, 1.165) is 6.54 Å². The van der Waals surface area contributed by atoms with E-state index in [-0.39, 0.29) is 0 Å². The second-order valence-corrected chi connectivity index (χ2v) is 4.57. The Labute approximate surface area is 85.0 Å². The van der Waals surface area contributed by atoms with Gasteiger partial charge < -0.3 is 4.84 Å². The van der Waals surface area contributed by atoms with Crippen molar-refractivity contribution in [3.8, 4) is 0 Å². The standard InChI is InChI=1S/C8H12BrNOS/c1-3-11-10-5-7-4-8(9)6(2)12-7/h4,10H,3,5H2,1-2H3. The zero-order valence-electron chi connectivity index (χ0n) is 7.19. The number of halogens is 1. The first-order valence-corrected chi connectivity index (χ1v) is 5.44. The van der Waals surface area contributed by atoms with Crippen molar-refractivity contribution in [2.24, 2.45) is 0 Å². The smallest absolute Gasteiger partial charge is 0.0654 e. The molecule has 0 aliphatic carbocycles. The third-order valence-corrected chi connectivity index (χ3v) is 3.54. The van der Waals surface area contributed by atoms with Crippen molar-refractivity contribution in [3.05, 3.63) is 20.3 Å². The molecule has 4 heteroatoms. The molecule has 0 radical (unpaired) electrons. The highest BCUT2D eigenvalue weighted by molar-refractivity contribution is 9.10. The van der Waals surface area contributed by atoms with Crippen LogP contribution in [-0.2, 0) is 11.4 Å². The molecule has 0 bridgehead atoms. The van der Waals surface area contributed by atoms with Gasteiger partial charge in [0, 0.05) is 14.2 Å². The third-order valence-electron chi connectivity index (χ3n) is 1.40. The molecule has 0 spiro atoms. The van der Waals surface area contributed by atoms with Crippen molar-refractivity contribution in [3.63, 3.8) is 0 Å². The average Bonchev–Trinajstić information content (AvgIpc) is 2.32. The molecular weight excluding hydrogens is 238 g/mol. The summed E-state index contributed by atoms with van der Waals surface area (Å²) >= 11 is 5.24. The largest absolute Gasteiger partial charge is 0.302 e. The maximum Gasteiger partial charge on any atom is 0.0654 e. The van der Waals surface area contributed by atoms with Gasteiger partial charge in [-0.15, -0.1) is 11.3 Å². The molecule has 1 aromatic heterocycles. The first kappa shape index (κ1) is 10.2. The molecule has 0 aliphatic heterocycles. The number of nitrogens with one attached hydrogen (secondary N) is 1. The van der Waals surface area contributed by atoms with Crippen LogP contribution in [-0.4, -0.2) is 6.61 Å². The number of hydrogen-bond donors (Lipinski definition) is 1. The van der Waals surface area contributed by atoms with Crippen molar-refractivity contribution < 1.29 is 4.84 Å². The van der Waals surface area contributed by atoms with Gasteiger partial charge in [-0.2, -0.15) is 5.48 Å². The first-order chi connectivity index (χ1) is 5.74. The van der Waals surface area contributed by atoms with E-state index in [0.29, 0.717) is 6.61 Å². The second kappa shape index (κ2) is 4.97. The molecule has 12 heavy (non-hydrogen) atoms. The molecular formula is C8H12BrNOS. The predicted octanol–water partition coefficient (Wildman–Crippen LogP) is 2.86. The molecule has 0 amide bonds. The number of thiophene rings is 1. The number of hydroxylamine groups is 1. The van der Waals surface area contributed by atoms with Crippen molar-refractivity contribution in [2.75, 3.05) is 6.61 Å². The van der Waals surface area contributed by atoms with Crippen molar-refractivity contribution >= 4 is 27.3 Å². The van der Waals surface area contributed by atoms with Gasteiger partial charge in [0.05, 0.1) is 13.2 Å². The third kappa shape index (κ3) is 2.86. The maximum atomic E-state index is 5.03. The normalized spacial score (nSPS) is 10.6. The summed E-state index contributed by atoms with van der Waals surface area (Å²) in [5.41, 5.74) is 2.88. The Kier molecular flexibility index (Phi) is 4.21. The van der Waals surface area contributed by atoms with E-state index >= 15 is 0 Å². The van der Waals surface area contributed by atoms with Crippen LogP contribution in [0, 0.1) is 6.92 Å². The highest BCUT2D eigenvalue weighted by Crippen LogP contribution is 2.25. The van der Waals surface area contributed by atoms with Gasteiger partial charge in [0.1, 0.15) is 0 Å². The Morgan fingerprint density at radius 1 is 1.67 bits per heavy atom. The number of rotatable bonds is 4. The van der Waals surface area contributed by atoms with Crippen LogP contribution >= 0.6 is 27.3 Å². The van der Waals surface area contributed by atoms with E-state index < -0.39 is 0 Å². The van der Waals surface area contributed by atoms with Crippen LogP contribution in [0.2, 0.25) is 0 Å². The highest BCUT2D eigenvalue weighted by atomic mass is 79.9. The van der Waals surface area contributed by atoms with E-state index in [9.17, 15) is 0 Å². The van der Waals surface area contributed by atoms with Gasteiger partial charge in [0.25, 0.3) is 0 Å². The lowest BCUT2D eigenvalue weighted by Crippen LogP contribution is -2.12. The van der Waals surface area contributed by atoms with Gasteiger partial charge in [-0.1, -0.05) is 0 Å². The Balaban J connectivity index is 2.42. The van der Waals surface area contributed by atoms with Gasteiger partial charge >= 0.3 is 0 Å². The predicted molar refractivity (Wildman–Crippen MR) is 55.2 cm³/mol. The summed E-state index contributed by atoms with van der Waals surface area (Å²) < 4.78 is 1.18. The molecule has 1 aromatic rings. The van der Waals surface area contributed by atoms with Gasteiger partial charge in [0.2, 0.25) is 0 Å². The molecule has 1 rings (SSSR count). The zero-order valence-corrected chi connectivity index (χ0v) is 9.59. The lowest BCUT2D eigenvalue weighted by molar-refractivity contribution is 0.0469. The Morgan fingerprint density at radius 3 is 2.92 bits per heavy atom. The van der Waals surface area contributed by atoms with E-state index in [1.165, 1.54) is 14.2 Å². The summed E-state index contributed by atoms with van der Waals surface area (Å²) in [6.07, 6.45) is 0. The maximum absolute atomic E-state index is 5.03. The molecule has 1 heterocycles. The molecule has 0 aliphatic rings. The zero-order chi connectivity index (χ0) is 8.97. The van der Waals surface area contributed by atoms with Crippen LogP contribution in [0.25, 0.3) is 0 Å². The van der Waals surface area contributed by atoms with E-state index in [2.05, 4.69) is 34.4 Å². The SMILES string of the molecule is CCONCc1cc(Br)c(C)s1. The minimum Gasteiger partial charge on any atom is -0.302 e. The lowest BCUT2D eigenvalue weighted by atomic mass is 10.4. The fourth-order valence-electron chi connectivity index (χ4n) is 0.829. The monoisotopic (exact) mass is 249 g/mol. The summed E-state index contributed by atoms with van der Waals surface area (Å²) in [5.74, 6) is 0. The Hall–Kier alpha value is 0.1000. The van der Waals surface area contributed by atoms with E-state index in [1.54, 1.807) is 11.3 Å². The molecule has 2 nitrogen and oxygen atoms in total. The molecule has 0 aromatic carbocycles. The van der Waals surface area contributed by atoms with Crippen molar-refractivity contribution in [1.82, 2.24) is 5.48 Å². The van der Waals surface area contributed by atoms with Crippen LogP contribution < -0.4 is 5.48 Å². The lowest BCUT2D eigenvalue weighted by Gasteiger charge is -1.99. The van der Waals surface area contributed by atoms with E-state index in [4.69, 9.17) is 4.84 Å². The molecule has 0 fully saturated rings. The van der Waals surface area contributed by atoms with Gasteiger partial charge in [-0.05, 0) is 35.8 Å². The van der Waals surface area contributed by atoms with Gasteiger partial charge in [-0.25, -0.2) is 0 Å². The van der Waals surface area contributed by atoms with Crippen LogP contribution in [0.15, 0.2) is 10.5 Å². The highest BCUT2D eigenvalue weighted by Gasteiger charge is 2.01. The summed E-state index contributed by atoms with van der Waals surface area (Å²) in [5, 5.41) is 0. The minimum absolute atomic E-state index is 0.700. The van der Waals surface area contributed by atoms with E-state index in [1.807, 2.05) is 6.92 Å². The van der Waals surface area contributed by atoms with Gasteiger partial charge in [-0.3, -0.25) is 0 Å². The van der Waals surface area contributed by atoms with Crippen LogP contribution in [0.1, 0.15) is 16.7 Å². The molecule has 0 unspecified atom stereocenters. The Bertz CT molecular complexity index is 230. The van der Waals surface area contributed by atoms with Crippen molar-refractivity contribution in [1.29, 1.82) is 0 Å². The fourth-order valence-corrected chi connectivity index (χ4v) is 2.36. The molecule has 0 saturated carbocycles. The van der Waals surface area contributed by atoms with Gasteiger partial charge in [0.15, 0.2) is 0 Å². The minimum atomic E-state index is 0.700. The van der Waals surface area contributed by atoms with Crippen LogP contribution in [0.4, 0.5) is 0 Å². The molecule has 68 valence electrons. The molecule has 1 N–H and O–H groups in total. The summed E-state index contributed by atoms with van der Waals surface area (Å²) in [7, 11) is 0. The van der Waals surface area contributed by atoms with Crippen molar-refractivity contribution in [2.45, 2.75) is 20.4 Å². The summed E-state index contributed by atoms with van der Waals surface area (Å²) in [6.45, 7) is 5.54. The van der Waals surface area contributed by atoms with Crippen LogP contribution in [0.5, 0.6) is 0 Å². The molecule has 0 atom stereocenters. The molecule has 0 saturated heterocycles. The second-order valence-electron chi connectivity index (χ2n) is 2.37. The van der Waals surface area contributed by atoms with Crippen LogP contribution in [0.3, 0.4) is 0 Å². The fraction of sp³-hybridized carbons (Fsp3) is 0.500. The summed E-state index contributed by atoms with van der Waals surface area (Å²) in [4.78, 5) is 7.62. The quantitative estimate of drug-likeness (QED) is 0.655. The number of hydrogen-bond acceptors (Lipinski definition) is 3. The summed E-state index contributed by atoms with van der Waals surface area (Å²) in [6, 6.07) is 2.12. The number of aryl methyl sites for hydroxylation is 1. The average molecular weight is 250 g/mol.